The Kier molecular flexibility index (Phi) is 6.95. The third-order valence-electron chi connectivity index (χ3n) is 5.89. The molecule has 3 rings (SSSR count). The monoisotopic (exact) mass is 427 g/mol. The van der Waals surface area contributed by atoms with Gasteiger partial charge in [-0.15, -0.1) is 0 Å². The van der Waals surface area contributed by atoms with Gasteiger partial charge in [-0.05, 0) is 31.7 Å². The standard InChI is InChI=1S/C24H29NO6/c1-13-6-8-16(9-7-13)20-19(24(28)31-11-10-29-4)15(3)25-17-12-14(2)18(23(27)30-5)22(26)21(17)20/h6-9,14,18,20,25H,10-12H2,1-5H3/t14-,18-,20+/m1/s1. The molecule has 0 fully saturated rings. The van der Waals surface area contributed by atoms with E-state index in [1.165, 1.54) is 14.2 Å². The molecule has 0 saturated carbocycles. The van der Waals surface area contributed by atoms with Gasteiger partial charge in [-0.2, -0.15) is 0 Å². The summed E-state index contributed by atoms with van der Waals surface area (Å²) in [5.41, 5.74) is 4.04. The van der Waals surface area contributed by atoms with Gasteiger partial charge >= 0.3 is 11.9 Å². The fourth-order valence-electron chi connectivity index (χ4n) is 4.34. The van der Waals surface area contributed by atoms with Gasteiger partial charge in [0.1, 0.15) is 12.5 Å². The number of carbonyl (C=O) groups is 3. The number of methoxy groups -OCH3 is 2. The fraction of sp³-hybridized carbons (Fsp3) is 0.458. The molecule has 0 saturated heterocycles. The molecule has 0 radical (unpaired) electrons. The highest BCUT2D eigenvalue weighted by molar-refractivity contribution is 6.12. The summed E-state index contributed by atoms with van der Waals surface area (Å²) in [5.74, 6) is -3.12. The normalized spacial score (nSPS) is 23.3. The van der Waals surface area contributed by atoms with Gasteiger partial charge in [0.25, 0.3) is 0 Å². The van der Waals surface area contributed by atoms with Crippen LogP contribution in [0, 0.1) is 18.8 Å². The van der Waals surface area contributed by atoms with Crippen LogP contribution in [0.4, 0.5) is 0 Å². The highest BCUT2D eigenvalue weighted by Gasteiger charge is 2.47. The number of rotatable bonds is 6. The average molecular weight is 427 g/mol. The van der Waals surface area contributed by atoms with Gasteiger partial charge in [-0.25, -0.2) is 4.79 Å². The maximum Gasteiger partial charge on any atom is 0.336 e. The zero-order valence-electron chi connectivity index (χ0n) is 18.6. The molecule has 0 bridgehead atoms. The summed E-state index contributed by atoms with van der Waals surface area (Å²) in [4.78, 5) is 39.0. The van der Waals surface area contributed by atoms with E-state index in [0.717, 1.165) is 16.8 Å². The lowest BCUT2D eigenvalue weighted by atomic mass is 9.69. The van der Waals surface area contributed by atoms with Gasteiger partial charge in [-0.3, -0.25) is 9.59 Å². The molecule has 0 amide bonds. The first-order valence-corrected chi connectivity index (χ1v) is 10.4. The first-order valence-electron chi connectivity index (χ1n) is 10.4. The highest BCUT2D eigenvalue weighted by Crippen LogP contribution is 2.45. The smallest absolute Gasteiger partial charge is 0.336 e. The highest BCUT2D eigenvalue weighted by atomic mass is 16.6. The number of hydrogen-bond acceptors (Lipinski definition) is 7. The van der Waals surface area contributed by atoms with E-state index in [1.807, 2.05) is 38.1 Å². The minimum atomic E-state index is -0.900. The fourth-order valence-corrected chi connectivity index (χ4v) is 4.34. The van der Waals surface area contributed by atoms with Crippen molar-refractivity contribution in [1.29, 1.82) is 0 Å². The van der Waals surface area contributed by atoms with Gasteiger partial charge in [0, 0.05) is 30.0 Å². The molecule has 1 N–H and O–H groups in total. The summed E-state index contributed by atoms with van der Waals surface area (Å²) < 4.78 is 15.3. The van der Waals surface area contributed by atoms with Crippen LogP contribution in [0.2, 0.25) is 0 Å². The molecule has 0 unspecified atom stereocenters. The van der Waals surface area contributed by atoms with Crippen LogP contribution >= 0.6 is 0 Å². The molecule has 1 aliphatic heterocycles. The molecule has 2 aliphatic rings. The predicted molar refractivity (Wildman–Crippen MR) is 114 cm³/mol. The van der Waals surface area contributed by atoms with Gasteiger partial charge in [-0.1, -0.05) is 36.8 Å². The summed E-state index contributed by atoms with van der Waals surface area (Å²) in [6, 6.07) is 7.69. The Labute approximate surface area is 182 Å². The van der Waals surface area contributed by atoms with Crippen LogP contribution in [-0.4, -0.2) is 45.2 Å². The zero-order valence-corrected chi connectivity index (χ0v) is 18.6. The molecule has 7 heteroatoms. The number of allylic oxidation sites excluding steroid dienone is 3. The van der Waals surface area contributed by atoms with Crippen molar-refractivity contribution in [3.8, 4) is 0 Å². The first kappa shape index (κ1) is 22.7. The summed E-state index contributed by atoms with van der Waals surface area (Å²) in [7, 11) is 2.81. The van der Waals surface area contributed by atoms with Crippen LogP contribution in [-0.2, 0) is 28.6 Å². The molecule has 7 nitrogen and oxygen atoms in total. The Morgan fingerprint density at radius 3 is 2.39 bits per heavy atom. The van der Waals surface area contributed by atoms with Crippen molar-refractivity contribution < 1.29 is 28.6 Å². The summed E-state index contributed by atoms with van der Waals surface area (Å²) in [6.45, 7) is 6.02. The Hall–Kier alpha value is -2.93. The lowest BCUT2D eigenvalue weighted by molar-refractivity contribution is -0.151. The van der Waals surface area contributed by atoms with Crippen LogP contribution in [0.3, 0.4) is 0 Å². The van der Waals surface area contributed by atoms with Crippen molar-refractivity contribution in [3.63, 3.8) is 0 Å². The SMILES string of the molecule is COCCOC(=O)C1=C(C)NC2=C(C(=O)[C@H](C(=O)OC)[C@H](C)C2)[C@H]1c1ccc(C)cc1. The van der Waals surface area contributed by atoms with Crippen molar-refractivity contribution in [2.45, 2.75) is 33.1 Å². The molecule has 31 heavy (non-hydrogen) atoms. The molecule has 1 aromatic rings. The Morgan fingerprint density at radius 1 is 1.10 bits per heavy atom. The van der Waals surface area contributed by atoms with Crippen LogP contribution in [0.25, 0.3) is 0 Å². The quantitative estimate of drug-likeness (QED) is 0.424. The molecular formula is C24H29NO6. The minimum absolute atomic E-state index is 0.106. The van der Waals surface area contributed by atoms with E-state index in [-0.39, 0.29) is 24.9 Å². The van der Waals surface area contributed by atoms with Crippen LogP contribution in [0.15, 0.2) is 46.8 Å². The van der Waals surface area contributed by atoms with Crippen LogP contribution in [0.5, 0.6) is 0 Å². The average Bonchev–Trinajstić information content (AvgIpc) is 2.73. The number of nitrogens with one attached hydrogen (secondary N) is 1. The molecule has 166 valence electrons. The number of esters is 2. The number of ether oxygens (including phenoxy) is 3. The van der Waals surface area contributed by atoms with Crippen LogP contribution in [0.1, 0.15) is 37.3 Å². The maximum atomic E-state index is 13.6. The third-order valence-corrected chi connectivity index (χ3v) is 5.89. The van der Waals surface area contributed by atoms with Crippen molar-refractivity contribution in [1.82, 2.24) is 5.32 Å². The van der Waals surface area contributed by atoms with Crippen molar-refractivity contribution in [3.05, 3.63) is 57.9 Å². The number of dihydropyridines is 1. The molecule has 1 aromatic carbocycles. The summed E-state index contributed by atoms with van der Waals surface area (Å²) in [5, 5.41) is 3.24. The number of ketones is 1. The van der Waals surface area contributed by atoms with E-state index in [4.69, 9.17) is 14.2 Å². The second kappa shape index (κ2) is 9.47. The number of carbonyl (C=O) groups excluding carboxylic acids is 3. The number of aryl methyl sites for hydroxylation is 1. The predicted octanol–water partition coefficient (Wildman–Crippen LogP) is 2.80. The van der Waals surface area contributed by atoms with Crippen molar-refractivity contribution in [2.24, 2.45) is 11.8 Å². The molecule has 0 spiro atoms. The Balaban J connectivity index is 2.11. The lowest BCUT2D eigenvalue weighted by Crippen LogP contribution is -2.43. The number of Topliss-reactive ketones (excluding diaryl/α,β-unsaturated/α-hetero) is 1. The molecule has 1 aliphatic carbocycles. The second-order valence-electron chi connectivity index (χ2n) is 8.07. The molecular weight excluding hydrogens is 398 g/mol. The largest absolute Gasteiger partial charge is 0.468 e. The molecule has 0 aromatic heterocycles. The van der Waals surface area contributed by atoms with E-state index in [0.29, 0.717) is 23.3 Å². The molecule has 1 heterocycles. The summed E-state index contributed by atoms with van der Waals surface area (Å²) in [6.07, 6.45) is 0.506. The van der Waals surface area contributed by atoms with E-state index >= 15 is 0 Å². The lowest BCUT2D eigenvalue weighted by Gasteiger charge is -2.38. The van der Waals surface area contributed by atoms with E-state index in [2.05, 4.69) is 5.32 Å². The number of benzene rings is 1. The topological polar surface area (TPSA) is 90.9 Å². The van der Waals surface area contributed by atoms with Crippen molar-refractivity contribution >= 4 is 17.7 Å². The first-order chi connectivity index (χ1) is 14.8. The van der Waals surface area contributed by atoms with Crippen molar-refractivity contribution in [2.75, 3.05) is 27.4 Å². The van der Waals surface area contributed by atoms with Gasteiger partial charge in [0.05, 0.1) is 19.3 Å². The van der Waals surface area contributed by atoms with Gasteiger partial charge < -0.3 is 19.5 Å². The van der Waals surface area contributed by atoms with Crippen LogP contribution < -0.4 is 5.32 Å². The second-order valence-corrected chi connectivity index (χ2v) is 8.07. The van der Waals surface area contributed by atoms with E-state index < -0.39 is 23.8 Å². The Bertz CT molecular complexity index is 943. The third kappa shape index (κ3) is 4.42. The van der Waals surface area contributed by atoms with Gasteiger partial charge in [0.15, 0.2) is 5.78 Å². The minimum Gasteiger partial charge on any atom is -0.468 e. The zero-order chi connectivity index (χ0) is 22.7. The van der Waals surface area contributed by atoms with E-state index in [9.17, 15) is 14.4 Å². The van der Waals surface area contributed by atoms with E-state index in [1.54, 1.807) is 6.92 Å². The maximum absolute atomic E-state index is 13.6. The summed E-state index contributed by atoms with van der Waals surface area (Å²) >= 11 is 0. The van der Waals surface area contributed by atoms with Gasteiger partial charge in [0.2, 0.25) is 0 Å². The number of hydrogen-bond donors (Lipinski definition) is 1. The Morgan fingerprint density at radius 2 is 1.77 bits per heavy atom. The molecule has 3 atom stereocenters.